The quantitative estimate of drug-likeness (QED) is 0.626. The van der Waals surface area contributed by atoms with Crippen molar-refractivity contribution in [2.45, 2.75) is 19.3 Å². The van der Waals surface area contributed by atoms with Crippen LogP contribution >= 0.6 is 0 Å². The van der Waals surface area contributed by atoms with Crippen LogP contribution < -0.4 is 9.64 Å². The van der Waals surface area contributed by atoms with E-state index in [1.807, 2.05) is 27.9 Å². The molecule has 0 fully saturated rings. The third-order valence-corrected chi connectivity index (χ3v) is 3.82. The first-order chi connectivity index (χ1) is 10.2. The molecule has 7 nitrogen and oxygen atoms in total. The standard InChI is InChI=1S/C15H21N3O4/c1-15(2)9-17(14(19)8-16(3)4)11-7-12(18(20)21)13(22-5)6-10(11)15/h6-7H,8-9H2,1-5H3. The third kappa shape index (κ3) is 2.76. The molecule has 1 aromatic rings. The predicted octanol–water partition coefficient (Wildman–Crippen LogP) is 1.79. The van der Waals surface area contributed by atoms with Crippen molar-refractivity contribution in [2.75, 3.05) is 39.2 Å². The lowest BCUT2D eigenvalue weighted by molar-refractivity contribution is -0.385. The Kier molecular flexibility index (Phi) is 4.10. The minimum atomic E-state index is -0.487. The molecule has 0 aromatic heterocycles. The van der Waals surface area contributed by atoms with Gasteiger partial charge in [0.05, 0.1) is 24.3 Å². The zero-order chi connectivity index (χ0) is 16.7. The Morgan fingerprint density at radius 1 is 1.45 bits per heavy atom. The van der Waals surface area contributed by atoms with E-state index in [1.54, 1.807) is 15.9 Å². The maximum Gasteiger partial charge on any atom is 0.313 e. The highest BCUT2D eigenvalue weighted by Gasteiger charge is 2.40. The normalized spacial score (nSPS) is 15.8. The van der Waals surface area contributed by atoms with Crippen LogP contribution in [0.5, 0.6) is 5.75 Å². The summed E-state index contributed by atoms with van der Waals surface area (Å²) in [7, 11) is 5.04. The van der Waals surface area contributed by atoms with Crippen LogP contribution in [0.1, 0.15) is 19.4 Å². The van der Waals surface area contributed by atoms with Gasteiger partial charge in [-0.05, 0) is 25.7 Å². The van der Waals surface area contributed by atoms with Crippen molar-refractivity contribution in [2.24, 2.45) is 0 Å². The zero-order valence-corrected chi connectivity index (χ0v) is 13.5. The van der Waals surface area contributed by atoms with Crippen LogP contribution in [-0.4, -0.2) is 50.0 Å². The van der Waals surface area contributed by atoms with Crippen LogP contribution in [0, 0.1) is 10.1 Å². The molecule has 120 valence electrons. The fourth-order valence-electron chi connectivity index (χ4n) is 2.77. The van der Waals surface area contributed by atoms with Crippen molar-refractivity contribution in [1.29, 1.82) is 0 Å². The number of hydrogen-bond acceptors (Lipinski definition) is 5. The van der Waals surface area contributed by atoms with Crippen LogP contribution in [0.2, 0.25) is 0 Å². The number of fused-ring (bicyclic) bond motifs is 1. The average Bonchev–Trinajstić information content (AvgIpc) is 2.68. The lowest BCUT2D eigenvalue weighted by atomic mass is 9.87. The number of nitro benzene ring substituents is 1. The average molecular weight is 307 g/mol. The van der Waals surface area contributed by atoms with Gasteiger partial charge in [0.25, 0.3) is 0 Å². The van der Waals surface area contributed by atoms with E-state index in [2.05, 4.69) is 0 Å². The molecule has 1 amide bonds. The summed E-state index contributed by atoms with van der Waals surface area (Å²) in [5, 5.41) is 11.2. The van der Waals surface area contributed by atoms with Crippen molar-refractivity contribution in [1.82, 2.24) is 4.90 Å². The maximum atomic E-state index is 12.4. The number of rotatable bonds is 4. The van der Waals surface area contributed by atoms with E-state index in [1.165, 1.54) is 13.2 Å². The molecule has 1 aromatic carbocycles. The van der Waals surface area contributed by atoms with E-state index in [4.69, 9.17) is 4.74 Å². The van der Waals surface area contributed by atoms with Gasteiger partial charge in [-0.1, -0.05) is 13.8 Å². The van der Waals surface area contributed by atoms with E-state index < -0.39 is 4.92 Å². The highest BCUT2D eigenvalue weighted by atomic mass is 16.6. The lowest BCUT2D eigenvalue weighted by Gasteiger charge is -2.22. The van der Waals surface area contributed by atoms with Crippen molar-refractivity contribution in [3.8, 4) is 5.75 Å². The number of carbonyl (C=O) groups excluding carboxylic acids is 1. The van der Waals surface area contributed by atoms with Gasteiger partial charge in [-0.25, -0.2) is 0 Å². The van der Waals surface area contributed by atoms with E-state index >= 15 is 0 Å². The van der Waals surface area contributed by atoms with Crippen LogP contribution in [0.25, 0.3) is 0 Å². The van der Waals surface area contributed by atoms with E-state index in [0.29, 0.717) is 12.2 Å². The van der Waals surface area contributed by atoms with Gasteiger partial charge in [-0.3, -0.25) is 14.9 Å². The van der Waals surface area contributed by atoms with Gasteiger partial charge < -0.3 is 14.5 Å². The molecule has 0 unspecified atom stereocenters. The number of ether oxygens (including phenoxy) is 1. The first-order valence-electron chi connectivity index (χ1n) is 6.99. The van der Waals surface area contributed by atoms with Gasteiger partial charge in [0.2, 0.25) is 5.91 Å². The molecule has 2 rings (SSSR count). The summed E-state index contributed by atoms with van der Waals surface area (Å²) in [5.74, 6) is 0.148. The van der Waals surface area contributed by atoms with Crippen LogP contribution in [0.4, 0.5) is 11.4 Å². The van der Waals surface area contributed by atoms with Crippen LogP contribution in [0.3, 0.4) is 0 Å². The highest BCUT2D eigenvalue weighted by molar-refractivity contribution is 5.98. The van der Waals surface area contributed by atoms with Gasteiger partial charge in [0.1, 0.15) is 0 Å². The monoisotopic (exact) mass is 307 g/mol. The van der Waals surface area contributed by atoms with Crippen molar-refractivity contribution in [3.63, 3.8) is 0 Å². The molecule has 0 aliphatic carbocycles. The van der Waals surface area contributed by atoms with Gasteiger partial charge in [0, 0.05) is 18.0 Å². The Labute approximate surface area is 129 Å². The first kappa shape index (κ1) is 16.2. The predicted molar refractivity (Wildman–Crippen MR) is 83.6 cm³/mol. The van der Waals surface area contributed by atoms with Crippen LogP contribution in [0.15, 0.2) is 12.1 Å². The summed E-state index contributed by atoms with van der Waals surface area (Å²) >= 11 is 0. The van der Waals surface area contributed by atoms with Gasteiger partial charge in [-0.15, -0.1) is 0 Å². The van der Waals surface area contributed by atoms with E-state index in [9.17, 15) is 14.9 Å². The number of methoxy groups -OCH3 is 1. The van der Waals surface area contributed by atoms with Crippen molar-refractivity contribution in [3.05, 3.63) is 27.8 Å². The molecular formula is C15H21N3O4. The summed E-state index contributed by atoms with van der Waals surface area (Å²) in [6.07, 6.45) is 0. The topological polar surface area (TPSA) is 75.9 Å². The van der Waals surface area contributed by atoms with Crippen molar-refractivity contribution >= 4 is 17.3 Å². The molecule has 0 spiro atoms. The number of likely N-dealkylation sites (N-methyl/N-ethyl adjacent to an activating group) is 1. The minimum Gasteiger partial charge on any atom is -0.490 e. The van der Waals surface area contributed by atoms with Crippen molar-refractivity contribution < 1.29 is 14.5 Å². The molecule has 0 saturated heterocycles. The second-order valence-corrected chi connectivity index (χ2v) is 6.40. The number of anilines is 1. The molecular weight excluding hydrogens is 286 g/mol. The number of nitro groups is 1. The molecule has 22 heavy (non-hydrogen) atoms. The number of benzene rings is 1. The molecule has 1 heterocycles. The van der Waals surface area contributed by atoms with Crippen LogP contribution in [-0.2, 0) is 10.2 Å². The molecule has 7 heteroatoms. The second-order valence-electron chi connectivity index (χ2n) is 6.40. The highest BCUT2D eigenvalue weighted by Crippen LogP contribution is 2.45. The molecule has 0 radical (unpaired) electrons. The van der Waals surface area contributed by atoms with E-state index in [-0.39, 0.29) is 29.3 Å². The number of amides is 1. The minimum absolute atomic E-state index is 0.0729. The largest absolute Gasteiger partial charge is 0.490 e. The summed E-state index contributed by atoms with van der Waals surface area (Å²) in [6.45, 7) is 4.79. The summed E-state index contributed by atoms with van der Waals surface area (Å²) in [4.78, 5) is 26.6. The maximum absolute atomic E-state index is 12.4. The molecule has 0 atom stereocenters. The Hall–Kier alpha value is -2.15. The fourth-order valence-corrected chi connectivity index (χ4v) is 2.77. The first-order valence-corrected chi connectivity index (χ1v) is 6.99. The summed E-state index contributed by atoms with van der Waals surface area (Å²) < 4.78 is 5.13. The smallest absolute Gasteiger partial charge is 0.313 e. The van der Waals surface area contributed by atoms with E-state index in [0.717, 1.165) is 5.56 Å². The molecule has 1 aliphatic heterocycles. The Balaban J connectivity index is 2.54. The fraction of sp³-hybridized carbons (Fsp3) is 0.533. The summed E-state index contributed by atoms with van der Waals surface area (Å²) in [5.41, 5.74) is 1.09. The Morgan fingerprint density at radius 2 is 2.09 bits per heavy atom. The molecule has 0 N–H and O–H groups in total. The Morgan fingerprint density at radius 3 is 2.59 bits per heavy atom. The van der Waals surface area contributed by atoms with Gasteiger partial charge in [0.15, 0.2) is 5.75 Å². The number of carbonyl (C=O) groups is 1. The molecule has 0 saturated carbocycles. The third-order valence-electron chi connectivity index (χ3n) is 3.82. The Bertz CT molecular complexity index is 625. The second kappa shape index (κ2) is 5.57. The SMILES string of the molecule is COc1cc2c(cc1[N+](=O)[O-])N(C(=O)CN(C)C)CC2(C)C. The zero-order valence-electron chi connectivity index (χ0n) is 13.5. The number of hydrogen-bond donors (Lipinski definition) is 0. The summed E-state index contributed by atoms with van der Waals surface area (Å²) in [6, 6.07) is 3.12. The lowest BCUT2D eigenvalue weighted by Crippen LogP contribution is -2.39. The van der Waals surface area contributed by atoms with Gasteiger partial charge >= 0.3 is 5.69 Å². The number of nitrogens with zero attached hydrogens (tertiary/aromatic N) is 3. The molecule has 1 aliphatic rings. The van der Waals surface area contributed by atoms with Gasteiger partial charge in [-0.2, -0.15) is 0 Å². The molecule has 0 bridgehead atoms.